The van der Waals surface area contributed by atoms with Crippen LogP contribution in [0.2, 0.25) is 0 Å². The number of nitrogens with zero attached hydrogens (tertiary/aromatic N) is 4. The topological polar surface area (TPSA) is 107 Å². The molecular weight excluding hydrogens is 172 g/mol. The molecule has 0 saturated heterocycles. The Morgan fingerprint density at radius 2 is 2.46 bits per heavy atom. The molecular formula is C6H8N6O. The van der Waals surface area contributed by atoms with Gasteiger partial charge in [-0.15, -0.1) is 0 Å². The molecule has 0 aliphatic carbocycles. The molecule has 0 aromatic carbocycles. The fourth-order valence-corrected chi connectivity index (χ4v) is 0.893. The van der Waals surface area contributed by atoms with E-state index in [4.69, 9.17) is 10.3 Å². The van der Waals surface area contributed by atoms with Crippen LogP contribution in [0, 0.1) is 0 Å². The predicted octanol–water partition coefficient (Wildman–Crippen LogP) is -0.644. The molecule has 0 fully saturated rings. The van der Waals surface area contributed by atoms with E-state index in [2.05, 4.69) is 25.6 Å². The van der Waals surface area contributed by atoms with Gasteiger partial charge >= 0.3 is 0 Å². The highest BCUT2D eigenvalue weighted by molar-refractivity contribution is 5.42. The molecule has 0 aliphatic heterocycles. The third kappa shape index (κ3) is 1.54. The lowest BCUT2D eigenvalue weighted by molar-refractivity contribution is 0.421. The fraction of sp³-hybridized carbons (Fsp3) is 0.333. The molecule has 0 atom stereocenters. The highest BCUT2D eigenvalue weighted by Gasteiger charge is 2.09. The lowest BCUT2D eigenvalue weighted by Gasteiger charge is -1.83. The minimum Gasteiger partial charge on any atom is -0.332 e. The lowest BCUT2D eigenvalue weighted by Crippen LogP contribution is -2.03. The Morgan fingerprint density at radius 3 is 3.15 bits per heavy atom. The molecule has 0 spiro atoms. The SMILES string of the molecule is NCCc1noc(-c2cn[nH]n2)n1. The molecule has 7 heteroatoms. The van der Waals surface area contributed by atoms with E-state index in [9.17, 15) is 0 Å². The Hall–Kier alpha value is -1.76. The van der Waals surface area contributed by atoms with Crippen molar-refractivity contribution in [2.24, 2.45) is 5.73 Å². The Kier molecular flexibility index (Phi) is 2.01. The van der Waals surface area contributed by atoms with Gasteiger partial charge in [-0.05, 0) is 6.54 Å². The number of aromatic nitrogens is 5. The Bertz CT molecular complexity index is 366. The number of hydrogen-bond donors (Lipinski definition) is 2. The van der Waals surface area contributed by atoms with E-state index in [1.807, 2.05) is 0 Å². The van der Waals surface area contributed by atoms with Crippen molar-refractivity contribution in [3.05, 3.63) is 12.0 Å². The molecule has 7 nitrogen and oxygen atoms in total. The summed E-state index contributed by atoms with van der Waals surface area (Å²) in [6.07, 6.45) is 2.11. The minimum atomic E-state index is 0.359. The van der Waals surface area contributed by atoms with Crippen LogP contribution in [0.3, 0.4) is 0 Å². The quantitative estimate of drug-likeness (QED) is 0.650. The van der Waals surface area contributed by atoms with Gasteiger partial charge in [-0.25, -0.2) is 0 Å². The summed E-state index contributed by atoms with van der Waals surface area (Å²) in [5.74, 6) is 0.942. The number of nitrogens with one attached hydrogen (secondary N) is 1. The van der Waals surface area contributed by atoms with E-state index in [1.165, 1.54) is 6.20 Å². The highest BCUT2D eigenvalue weighted by atomic mass is 16.5. The van der Waals surface area contributed by atoms with Gasteiger partial charge in [-0.1, -0.05) is 5.16 Å². The maximum absolute atomic E-state index is 5.33. The van der Waals surface area contributed by atoms with Crippen LogP contribution in [-0.2, 0) is 6.42 Å². The van der Waals surface area contributed by atoms with Crippen molar-refractivity contribution in [3.8, 4) is 11.6 Å². The van der Waals surface area contributed by atoms with E-state index >= 15 is 0 Å². The van der Waals surface area contributed by atoms with Gasteiger partial charge in [0.1, 0.15) is 0 Å². The van der Waals surface area contributed by atoms with Crippen molar-refractivity contribution in [2.75, 3.05) is 6.54 Å². The van der Waals surface area contributed by atoms with Crippen LogP contribution < -0.4 is 5.73 Å². The zero-order chi connectivity index (χ0) is 9.10. The molecule has 2 rings (SSSR count). The van der Waals surface area contributed by atoms with E-state index in [0.29, 0.717) is 30.4 Å². The summed E-state index contributed by atoms with van der Waals surface area (Å²) in [6.45, 7) is 0.498. The molecule has 0 amide bonds. The Balaban J connectivity index is 2.23. The lowest BCUT2D eigenvalue weighted by atomic mass is 10.4. The van der Waals surface area contributed by atoms with Gasteiger partial charge in [0.25, 0.3) is 5.89 Å². The predicted molar refractivity (Wildman–Crippen MR) is 42.4 cm³/mol. The van der Waals surface area contributed by atoms with Crippen LogP contribution >= 0.6 is 0 Å². The molecule has 2 aromatic heterocycles. The number of rotatable bonds is 3. The normalized spacial score (nSPS) is 10.5. The smallest absolute Gasteiger partial charge is 0.280 e. The Labute approximate surface area is 73.3 Å². The maximum Gasteiger partial charge on any atom is 0.280 e. The largest absolute Gasteiger partial charge is 0.332 e. The van der Waals surface area contributed by atoms with E-state index in [1.54, 1.807) is 0 Å². The number of H-pyrrole nitrogens is 1. The van der Waals surface area contributed by atoms with Crippen molar-refractivity contribution in [1.29, 1.82) is 0 Å². The molecule has 0 saturated carbocycles. The molecule has 0 radical (unpaired) electrons. The second kappa shape index (κ2) is 3.31. The van der Waals surface area contributed by atoms with E-state index < -0.39 is 0 Å². The zero-order valence-electron chi connectivity index (χ0n) is 6.77. The second-order valence-electron chi connectivity index (χ2n) is 2.41. The van der Waals surface area contributed by atoms with Crippen LogP contribution in [0.1, 0.15) is 5.82 Å². The number of aromatic amines is 1. The second-order valence-corrected chi connectivity index (χ2v) is 2.41. The molecule has 0 unspecified atom stereocenters. The third-order valence-electron chi connectivity index (χ3n) is 1.47. The van der Waals surface area contributed by atoms with Crippen molar-refractivity contribution >= 4 is 0 Å². The van der Waals surface area contributed by atoms with Crippen molar-refractivity contribution < 1.29 is 4.52 Å². The molecule has 13 heavy (non-hydrogen) atoms. The van der Waals surface area contributed by atoms with Gasteiger partial charge in [-0.3, -0.25) is 0 Å². The first-order valence-corrected chi connectivity index (χ1v) is 3.79. The summed E-state index contributed by atoms with van der Waals surface area (Å²) >= 11 is 0. The summed E-state index contributed by atoms with van der Waals surface area (Å²) in [4.78, 5) is 4.06. The summed E-state index contributed by atoms with van der Waals surface area (Å²) in [5, 5.41) is 13.6. The standard InChI is InChI=1S/C6H8N6O/c7-2-1-5-9-6(13-11-5)4-3-8-12-10-4/h3H,1-2,7H2,(H,8,10,12). The first kappa shape index (κ1) is 7.87. The summed E-state index contributed by atoms with van der Waals surface area (Å²) in [7, 11) is 0. The molecule has 0 aliphatic rings. The summed E-state index contributed by atoms with van der Waals surface area (Å²) in [6, 6.07) is 0. The molecule has 0 bridgehead atoms. The maximum atomic E-state index is 5.33. The molecule has 3 N–H and O–H groups in total. The summed E-state index contributed by atoms with van der Waals surface area (Å²) < 4.78 is 4.92. The van der Waals surface area contributed by atoms with Gasteiger partial charge < -0.3 is 10.3 Å². The number of hydrogen-bond acceptors (Lipinski definition) is 6. The van der Waals surface area contributed by atoms with Gasteiger partial charge in [0.05, 0.1) is 6.20 Å². The van der Waals surface area contributed by atoms with Crippen molar-refractivity contribution in [1.82, 2.24) is 25.6 Å². The van der Waals surface area contributed by atoms with E-state index in [0.717, 1.165) is 0 Å². The first-order valence-electron chi connectivity index (χ1n) is 3.79. The molecule has 2 heterocycles. The average Bonchev–Trinajstić information content (AvgIpc) is 2.70. The number of nitrogens with two attached hydrogens (primary N) is 1. The molecule has 68 valence electrons. The van der Waals surface area contributed by atoms with E-state index in [-0.39, 0.29) is 0 Å². The van der Waals surface area contributed by atoms with Crippen molar-refractivity contribution in [3.63, 3.8) is 0 Å². The zero-order valence-corrected chi connectivity index (χ0v) is 6.77. The average molecular weight is 180 g/mol. The molecule has 2 aromatic rings. The van der Waals surface area contributed by atoms with Crippen molar-refractivity contribution in [2.45, 2.75) is 6.42 Å². The monoisotopic (exact) mass is 180 g/mol. The minimum absolute atomic E-state index is 0.359. The van der Waals surface area contributed by atoms with Crippen LogP contribution in [0.5, 0.6) is 0 Å². The van der Waals surface area contributed by atoms with Crippen LogP contribution in [0.25, 0.3) is 11.6 Å². The summed E-state index contributed by atoms with van der Waals surface area (Å²) in [5.41, 5.74) is 5.87. The Morgan fingerprint density at radius 1 is 1.54 bits per heavy atom. The van der Waals surface area contributed by atoms with Gasteiger partial charge in [-0.2, -0.15) is 20.4 Å². The van der Waals surface area contributed by atoms with Gasteiger partial charge in [0.15, 0.2) is 11.5 Å². The van der Waals surface area contributed by atoms with Crippen LogP contribution in [-0.4, -0.2) is 32.1 Å². The van der Waals surface area contributed by atoms with Crippen LogP contribution in [0.15, 0.2) is 10.7 Å². The van der Waals surface area contributed by atoms with Crippen LogP contribution in [0.4, 0.5) is 0 Å². The fourth-order valence-electron chi connectivity index (χ4n) is 0.893. The van der Waals surface area contributed by atoms with Gasteiger partial charge in [0, 0.05) is 6.42 Å². The highest BCUT2D eigenvalue weighted by Crippen LogP contribution is 2.11. The first-order chi connectivity index (χ1) is 6.40. The third-order valence-corrected chi connectivity index (χ3v) is 1.47. The van der Waals surface area contributed by atoms with Gasteiger partial charge in [0.2, 0.25) is 0 Å².